The molecule has 0 saturated carbocycles. The average molecular weight is 271 g/mol. The third-order valence-electron chi connectivity index (χ3n) is 3.09. The Bertz CT molecular complexity index is 413. The molecular weight excluding hydrogens is 248 g/mol. The fraction of sp³-hybridized carbons (Fsp3) is 0.571. The lowest BCUT2D eigenvalue weighted by Gasteiger charge is -2.31. The molecule has 0 saturated heterocycles. The predicted molar refractivity (Wildman–Crippen MR) is 78.2 cm³/mol. The zero-order valence-corrected chi connectivity index (χ0v) is 12.5. The number of aliphatic hydroxyl groups is 1. The molecule has 1 rings (SSSR count). The molecule has 0 fully saturated rings. The van der Waals surface area contributed by atoms with E-state index in [4.69, 9.17) is 17.3 Å². The summed E-state index contributed by atoms with van der Waals surface area (Å²) in [4.78, 5) is 1.97. The molecule has 3 nitrogen and oxygen atoms in total. The van der Waals surface area contributed by atoms with E-state index in [1.54, 1.807) is 0 Å². The van der Waals surface area contributed by atoms with Gasteiger partial charge in [-0.25, -0.2) is 0 Å². The van der Waals surface area contributed by atoms with Gasteiger partial charge >= 0.3 is 0 Å². The first-order chi connectivity index (χ1) is 8.14. The van der Waals surface area contributed by atoms with Gasteiger partial charge in [-0.2, -0.15) is 0 Å². The number of hydrogen-bond donors (Lipinski definition) is 2. The Morgan fingerprint density at radius 3 is 2.22 bits per heavy atom. The molecule has 0 radical (unpaired) electrons. The average Bonchev–Trinajstić information content (AvgIpc) is 2.25. The fourth-order valence-corrected chi connectivity index (χ4v) is 2.07. The number of benzene rings is 1. The van der Waals surface area contributed by atoms with Crippen LogP contribution in [-0.4, -0.2) is 25.3 Å². The van der Waals surface area contributed by atoms with Gasteiger partial charge in [-0.15, -0.1) is 0 Å². The van der Waals surface area contributed by atoms with Crippen LogP contribution < -0.4 is 10.6 Å². The van der Waals surface area contributed by atoms with Crippen molar-refractivity contribution in [3.05, 3.63) is 28.8 Å². The van der Waals surface area contributed by atoms with Crippen molar-refractivity contribution in [3.63, 3.8) is 0 Å². The molecule has 0 aliphatic carbocycles. The van der Waals surface area contributed by atoms with Crippen molar-refractivity contribution in [2.24, 2.45) is 11.1 Å². The predicted octanol–water partition coefficient (Wildman–Crippen LogP) is 2.81. The Hall–Kier alpha value is -0.770. The van der Waals surface area contributed by atoms with Gasteiger partial charge in [0.1, 0.15) is 0 Å². The normalized spacial score (nSPS) is 15.3. The molecule has 3 N–H and O–H groups in total. The van der Waals surface area contributed by atoms with E-state index in [9.17, 15) is 5.11 Å². The summed E-state index contributed by atoms with van der Waals surface area (Å²) < 4.78 is 0. The number of halogens is 1. The fourth-order valence-electron chi connectivity index (χ4n) is 1.77. The van der Waals surface area contributed by atoms with Crippen molar-refractivity contribution in [1.29, 1.82) is 0 Å². The molecule has 0 aliphatic rings. The van der Waals surface area contributed by atoms with Crippen LogP contribution in [0.3, 0.4) is 0 Å². The van der Waals surface area contributed by atoms with Gasteiger partial charge < -0.3 is 15.7 Å². The largest absolute Gasteiger partial charge is 0.391 e. The molecular formula is C14H23ClN2O. The van der Waals surface area contributed by atoms with Crippen molar-refractivity contribution in [1.82, 2.24) is 0 Å². The van der Waals surface area contributed by atoms with Crippen LogP contribution in [0.15, 0.2) is 18.2 Å². The molecule has 1 aromatic carbocycles. The maximum absolute atomic E-state index is 10.2. The van der Waals surface area contributed by atoms with Crippen LogP contribution >= 0.6 is 11.6 Å². The molecule has 0 aromatic heterocycles. The van der Waals surface area contributed by atoms with E-state index in [-0.39, 0.29) is 5.41 Å². The third-order valence-corrected chi connectivity index (χ3v) is 3.41. The first-order valence-corrected chi connectivity index (χ1v) is 6.43. The highest BCUT2D eigenvalue weighted by molar-refractivity contribution is 6.31. The van der Waals surface area contributed by atoms with Crippen LogP contribution in [0, 0.1) is 5.41 Å². The first-order valence-electron chi connectivity index (χ1n) is 6.05. The smallest absolute Gasteiger partial charge is 0.0781 e. The number of rotatable bonds is 3. The van der Waals surface area contributed by atoms with E-state index in [2.05, 4.69) is 0 Å². The third kappa shape index (κ3) is 3.37. The topological polar surface area (TPSA) is 49.5 Å². The lowest BCUT2D eigenvalue weighted by molar-refractivity contribution is 0.0401. The second-order valence-electron chi connectivity index (χ2n) is 5.94. The van der Waals surface area contributed by atoms with Gasteiger partial charge in [-0.05, 0) is 23.1 Å². The van der Waals surface area contributed by atoms with Crippen molar-refractivity contribution in [2.45, 2.75) is 32.9 Å². The highest BCUT2D eigenvalue weighted by Crippen LogP contribution is 2.33. The Balaban J connectivity index is 3.04. The number of hydrogen-bond acceptors (Lipinski definition) is 3. The molecule has 0 heterocycles. The van der Waals surface area contributed by atoms with E-state index in [1.807, 2.05) is 58.0 Å². The maximum atomic E-state index is 10.2. The van der Waals surface area contributed by atoms with Gasteiger partial charge in [-0.3, -0.25) is 0 Å². The Morgan fingerprint density at radius 2 is 1.83 bits per heavy atom. The quantitative estimate of drug-likeness (QED) is 0.888. The SMILES string of the molecule is CN(C)c1ccc([C@@H](N)[C@@H](O)C(C)(C)C)c(Cl)c1. The zero-order valence-electron chi connectivity index (χ0n) is 11.7. The number of aliphatic hydroxyl groups excluding tert-OH is 1. The van der Waals surface area contributed by atoms with E-state index in [0.717, 1.165) is 11.3 Å². The first kappa shape index (κ1) is 15.3. The second kappa shape index (κ2) is 5.47. The molecule has 0 aliphatic heterocycles. The van der Waals surface area contributed by atoms with E-state index >= 15 is 0 Å². The lowest BCUT2D eigenvalue weighted by atomic mass is 9.82. The van der Waals surface area contributed by atoms with Crippen LogP contribution in [0.2, 0.25) is 5.02 Å². The Labute approximate surface area is 115 Å². The van der Waals surface area contributed by atoms with Gasteiger partial charge in [-0.1, -0.05) is 38.4 Å². The van der Waals surface area contributed by atoms with Gasteiger partial charge in [0, 0.05) is 24.8 Å². The number of nitrogens with zero attached hydrogens (tertiary/aromatic N) is 1. The Kier molecular flexibility index (Phi) is 4.65. The molecule has 0 amide bonds. The molecule has 2 atom stereocenters. The van der Waals surface area contributed by atoms with Crippen LogP contribution in [0.5, 0.6) is 0 Å². The second-order valence-corrected chi connectivity index (χ2v) is 6.34. The number of anilines is 1. The van der Waals surface area contributed by atoms with Crippen molar-refractivity contribution >= 4 is 17.3 Å². The highest BCUT2D eigenvalue weighted by atomic mass is 35.5. The van der Waals surface area contributed by atoms with E-state index < -0.39 is 12.1 Å². The van der Waals surface area contributed by atoms with Crippen LogP contribution in [-0.2, 0) is 0 Å². The summed E-state index contributed by atoms with van der Waals surface area (Å²) in [5.74, 6) is 0. The van der Waals surface area contributed by atoms with Crippen LogP contribution in [0.25, 0.3) is 0 Å². The van der Waals surface area contributed by atoms with Gasteiger partial charge in [0.25, 0.3) is 0 Å². The van der Waals surface area contributed by atoms with Crippen molar-refractivity contribution < 1.29 is 5.11 Å². The molecule has 102 valence electrons. The molecule has 18 heavy (non-hydrogen) atoms. The van der Waals surface area contributed by atoms with Crippen LogP contribution in [0.1, 0.15) is 32.4 Å². The zero-order chi connectivity index (χ0) is 14.1. The highest BCUT2D eigenvalue weighted by Gasteiger charge is 2.30. The summed E-state index contributed by atoms with van der Waals surface area (Å²) in [6.07, 6.45) is -0.639. The standard InChI is InChI=1S/C14H23ClN2O/c1-14(2,3)13(18)12(16)10-7-6-9(17(4)5)8-11(10)15/h6-8,12-13,18H,16H2,1-5H3/t12-,13-/m1/s1. The summed E-state index contributed by atoms with van der Waals surface area (Å²) in [5.41, 5.74) is 7.63. The Morgan fingerprint density at radius 1 is 1.28 bits per heavy atom. The van der Waals surface area contributed by atoms with Crippen LogP contribution in [0.4, 0.5) is 5.69 Å². The van der Waals surface area contributed by atoms with E-state index in [0.29, 0.717) is 5.02 Å². The van der Waals surface area contributed by atoms with Gasteiger partial charge in [0.15, 0.2) is 0 Å². The molecule has 0 bridgehead atoms. The molecule has 0 spiro atoms. The maximum Gasteiger partial charge on any atom is 0.0781 e. The minimum absolute atomic E-state index is 0.275. The molecule has 4 heteroatoms. The number of nitrogens with two attached hydrogens (primary N) is 1. The molecule has 0 unspecified atom stereocenters. The minimum atomic E-state index is -0.639. The summed E-state index contributed by atoms with van der Waals surface area (Å²) in [6, 6.07) is 5.23. The van der Waals surface area contributed by atoms with E-state index in [1.165, 1.54) is 0 Å². The van der Waals surface area contributed by atoms with Gasteiger partial charge in [0.05, 0.1) is 12.1 Å². The summed E-state index contributed by atoms with van der Waals surface area (Å²) >= 11 is 6.24. The monoisotopic (exact) mass is 270 g/mol. The van der Waals surface area contributed by atoms with Crippen molar-refractivity contribution in [2.75, 3.05) is 19.0 Å². The summed E-state index contributed by atoms with van der Waals surface area (Å²) in [5, 5.41) is 10.8. The summed E-state index contributed by atoms with van der Waals surface area (Å²) in [6.45, 7) is 5.87. The molecule has 1 aromatic rings. The van der Waals surface area contributed by atoms with Gasteiger partial charge in [0.2, 0.25) is 0 Å². The summed E-state index contributed by atoms with van der Waals surface area (Å²) in [7, 11) is 3.91. The minimum Gasteiger partial charge on any atom is -0.391 e. The lowest BCUT2D eigenvalue weighted by Crippen LogP contribution is -2.37. The van der Waals surface area contributed by atoms with Crippen molar-refractivity contribution in [3.8, 4) is 0 Å².